The van der Waals surface area contributed by atoms with Crippen LogP contribution in [0.4, 0.5) is 4.79 Å². The first-order valence-electron chi connectivity index (χ1n) is 12.1. The van der Waals surface area contributed by atoms with Crippen molar-refractivity contribution in [3.63, 3.8) is 0 Å². The molecule has 4 rings (SSSR count). The van der Waals surface area contributed by atoms with Gasteiger partial charge in [0.15, 0.2) is 0 Å². The fourth-order valence-corrected chi connectivity index (χ4v) is 5.10. The maximum absolute atomic E-state index is 12.8. The highest BCUT2D eigenvalue weighted by atomic mass is 16.5. The molecule has 0 aromatic heterocycles. The highest BCUT2D eigenvalue weighted by molar-refractivity contribution is 5.85. The molecule has 1 heterocycles. The third kappa shape index (κ3) is 5.32. The second kappa shape index (κ2) is 10.9. The Kier molecular flexibility index (Phi) is 7.70. The molecule has 1 aliphatic carbocycles. The van der Waals surface area contributed by atoms with E-state index in [1.807, 2.05) is 24.3 Å². The predicted octanol–water partition coefficient (Wildman–Crippen LogP) is 3.64. The molecular weight excluding hydrogens is 448 g/mol. The molecule has 35 heavy (non-hydrogen) atoms. The van der Waals surface area contributed by atoms with Crippen LogP contribution in [0.25, 0.3) is 11.1 Å². The van der Waals surface area contributed by atoms with Crippen LogP contribution in [0.5, 0.6) is 0 Å². The number of carboxylic acids is 1. The number of carbonyl (C=O) groups is 3. The van der Waals surface area contributed by atoms with Gasteiger partial charge < -0.3 is 24.8 Å². The van der Waals surface area contributed by atoms with Crippen molar-refractivity contribution in [1.29, 1.82) is 0 Å². The first-order chi connectivity index (χ1) is 16.9. The summed E-state index contributed by atoms with van der Waals surface area (Å²) < 4.78 is 10.8. The standard InChI is InChI=1S/C27H32N2O6/c1-17(25(30)29-15-18(34-2)14-24(29)26(31)32)8-7-13-28-27(33)35-16-23-21-11-5-3-9-19(21)20-10-4-6-12-22(20)23/h3-6,9-12,17-18,23-24H,7-8,13-16H2,1-2H3,(H,28,33)(H,31,32). The Hall–Kier alpha value is -3.39. The number of methoxy groups -OCH3 is 1. The SMILES string of the molecule is COC1CC(C(=O)O)N(C(=O)C(C)CCCNC(=O)OCC2c3ccccc3-c3ccccc32)C1. The molecule has 2 amide bonds. The van der Waals surface area contributed by atoms with Crippen molar-refractivity contribution >= 4 is 18.0 Å². The van der Waals surface area contributed by atoms with Gasteiger partial charge in [0.05, 0.1) is 6.10 Å². The van der Waals surface area contributed by atoms with Crippen molar-refractivity contribution in [1.82, 2.24) is 10.2 Å². The first kappa shape index (κ1) is 24.7. The number of hydrogen-bond acceptors (Lipinski definition) is 5. The van der Waals surface area contributed by atoms with E-state index in [9.17, 15) is 19.5 Å². The lowest BCUT2D eigenvalue weighted by Gasteiger charge is -2.24. The molecule has 3 atom stereocenters. The monoisotopic (exact) mass is 480 g/mol. The normalized spacial score (nSPS) is 19.7. The number of amides is 2. The van der Waals surface area contributed by atoms with E-state index in [0.717, 1.165) is 11.1 Å². The molecule has 0 saturated carbocycles. The summed E-state index contributed by atoms with van der Waals surface area (Å²) in [6.07, 6.45) is 0.661. The summed E-state index contributed by atoms with van der Waals surface area (Å²) in [7, 11) is 1.52. The van der Waals surface area contributed by atoms with Gasteiger partial charge in [-0.2, -0.15) is 0 Å². The van der Waals surface area contributed by atoms with E-state index in [-0.39, 0.29) is 37.0 Å². The maximum Gasteiger partial charge on any atom is 0.407 e. The Labute approximate surface area is 205 Å². The van der Waals surface area contributed by atoms with Crippen LogP contribution in [0.2, 0.25) is 0 Å². The van der Waals surface area contributed by atoms with Crippen LogP contribution in [0.15, 0.2) is 48.5 Å². The number of carbonyl (C=O) groups excluding carboxylic acids is 2. The molecule has 2 aliphatic rings. The topological polar surface area (TPSA) is 105 Å². The number of hydrogen-bond donors (Lipinski definition) is 2. The zero-order valence-corrected chi connectivity index (χ0v) is 20.1. The Morgan fingerprint density at radius 3 is 2.31 bits per heavy atom. The fraction of sp³-hybridized carbons (Fsp3) is 0.444. The quantitative estimate of drug-likeness (QED) is 0.531. The van der Waals surface area contributed by atoms with Gasteiger partial charge in [-0.05, 0) is 35.1 Å². The molecule has 2 aromatic rings. The molecule has 8 nitrogen and oxygen atoms in total. The number of rotatable bonds is 9. The van der Waals surface area contributed by atoms with Crippen molar-refractivity contribution in [2.24, 2.45) is 5.92 Å². The number of nitrogens with zero attached hydrogens (tertiary/aromatic N) is 1. The number of ether oxygens (including phenoxy) is 2. The lowest BCUT2D eigenvalue weighted by atomic mass is 9.98. The van der Waals surface area contributed by atoms with Crippen LogP contribution in [-0.4, -0.2) is 66.9 Å². The Morgan fingerprint density at radius 1 is 1.09 bits per heavy atom. The Balaban J connectivity index is 1.22. The Morgan fingerprint density at radius 2 is 1.71 bits per heavy atom. The van der Waals surface area contributed by atoms with Crippen molar-refractivity contribution in [3.05, 3.63) is 59.7 Å². The van der Waals surface area contributed by atoms with Crippen molar-refractivity contribution in [2.45, 2.75) is 44.2 Å². The Bertz CT molecular complexity index is 1040. The van der Waals surface area contributed by atoms with Crippen LogP contribution in [-0.2, 0) is 19.1 Å². The minimum atomic E-state index is -1.01. The largest absolute Gasteiger partial charge is 0.480 e. The molecule has 0 bridgehead atoms. The van der Waals surface area contributed by atoms with Crippen LogP contribution < -0.4 is 5.32 Å². The molecule has 8 heteroatoms. The van der Waals surface area contributed by atoms with Gasteiger partial charge in [-0.15, -0.1) is 0 Å². The zero-order chi connectivity index (χ0) is 24.9. The van der Waals surface area contributed by atoms with Gasteiger partial charge in [0.25, 0.3) is 0 Å². The second-order valence-corrected chi connectivity index (χ2v) is 9.23. The van der Waals surface area contributed by atoms with Gasteiger partial charge in [-0.25, -0.2) is 9.59 Å². The molecule has 1 aliphatic heterocycles. The van der Waals surface area contributed by atoms with Gasteiger partial charge in [-0.3, -0.25) is 4.79 Å². The summed E-state index contributed by atoms with van der Waals surface area (Å²) in [6, 6.07) is 15.5. The van der Waals surface area contributed by atoms with Crippen molar-refractivity contribution in [2.75, 3.05) is 26.8 Å². The van der Waals surface area contributed by atoms with Crippen LogP contribution in [0, 0.1) is 5.92 Å². The minimum absolute atomic E-state index is 0.00404. The zero-order valence-electron chi connectivity index (χ0n) is 20.1. The second-order valence-electron chi connectivity index (χ2n) is 9.23. The molecule has 0 radical (unpaired) electrons. The summed E-state index contributed by atoms with van der Waals surface area (Å²) in [6.45, 7) is 2.70. The van der Waals surface area contributed by atoms with Gasteiger partial charge in [0.1, 0.15) is 12.6 Å². The summed E-state index contributed by atoms with van der Waals surface area (Å²) in [5, 5.41) is 12.2. The number of carboxylic acid groups (broad SMARTS) is 1. The number of likely N-dealkylation sites (tertiary alicyclic amines) is 1. The molecule has 0 spiro atoms. The molecule has 2 aromatic carbocycles. The molecule has 2 N–H and O–H groups in total. The van der Waals surface area contributed by atoms with Gasteiger partial charge in [0.2, 0.25) is 5.91 Å². The molecule has 3 unspecified atom stereocenters. The number of benzene rings is 2. The van der Waals surface area contributed by atoms with E-state index in [2.05, 4.69) is 29.6 Å². The van der Waals surface area contributed by atoms with Crippen LogP contribution in [0.3, 0.4) is 0 Å². The van der Waals surface area contributed by atoms with E-state index in [0.29, 0.717) is 25.8 Å². The summed E-state index contributed by atoms with van der Waals surface area (Å²) in [5.74, 6) is -1.55. The van der Waals surface area contributed by atoms with Crippen molar-refractivity contribution in [3.8, 4) is 11.1 Å². The smallest absolute Gasteiger partial charge is 0.407 e. The molecular formula is C27H32N2O6. The van der Waals surface area contributed by atoms with Gasteiger partial charge in [0, 0.05) is 38.5 Å². The third-order valence-electron chi connectivity index (χ3n) is 7.01. The average molecular weight is 481 g/mol. The van der Waals surface area contributed by atoms with E-state index in [1.165, 1.54) is 23.1 Å². The van der Waals surface area contributed by atoms with E-state index < -0.39 is 18.1 Å². The predicted molar refractivity (Wildman–Crippen MR) is 130 cm³/mol. The summed E-state index contributed by atoms with van der Waals surface area (Å²) in [4.78, 5) is 38.0. The van der Waals surface area contributed by atoms with Crippen LogP contribution >= 0.6 is 0 Å². The third-order valence-corrected chi connectivity index (χ3v) is 7.01. The highest BCUT2D eigenvalue weighted by Crippen LogP contribution is 2.44. The molecule has 1 saturated heterocycles. The fourth-order valence-electron chi connectivity index (χ4n) is 5.10. The minimum Gasteiger partial charge on any atom is -0.480 e. The lowest BCUT2D eigenvalue weighted by Crippen LogP contribution is -2.43. The van der Waals surface area contributed by atoms with Gasteiger partial charge in [-0.1, -0.05) is 55.5 Å². The summed E-state index contributed by atoms with van der Waals surface area (Å²) in [5.41, 5.74) is 4.67. The van der Waals surface area contributed by atoms with Crippen molar-refractivity contribution < 1.29 is 29.0 Å². The van der Waals surface area contributed by atoms with E-state index >= 15 is 0 Å². The molecule has 1 fully saturated rings. The first-order valence-corrected chi connectivity index (χ1v) is 12.1. The average Bonchev–Trinajstić information content (AvgIpc) is 3.45. The van der Waals surface area contributed by atoms with E-state index in [1.54, 1.807) is 6.92 Å². The number of nitrogens with one attached hydrogen (secondary N) is 1. The maximum atomic E-state index is 12.8. The lowest BCUT2D eigenvalue weighted by molar-refractivity contribution is -0.149. The van der Waals surface area contributed by atoms with E-state index in [4.69, 9.17) is 9.47 Å². The summed E-state index contributed by atoms with van der Waals surface area (Å²) >= 11 is 0. The number of aliphatic carboxylic acids is 1. The number of alkyl carbamates (subject to hydrolysis) is 1. The van der Waals surface area contributed by atoms with Gasteiger partial charge >= 0.3 is 12.1 Å². The van der Waals surface area contributed by atoms with Crippen LogP contribution in [0.1, 0.15) is 43.2 Å². The number of fused-ring (bicyclic) bond motifs is 3. The highest BCUT2D eigenvalue weighted by Gasteiger charge is 2.40. The molecule has 186 valence electrons.